The molecule has 89 heavy (non-hydrogen) atoms. The summed E-state index contributed by atoms with van der Waals surface area (Å²) in [5.74, 6) is 4.04. The number of rotatable bonds is 11. The summed E-state index contributed by atoms with van der Waals surface area (Å²) in [4.78, 5) is 13.7. The monoisotopic (exact) mass is 1620 g/mol. The molecule has 14 rings (SSSR count). The van der Waals surface area contributed by atoms with E-state index in [1.807, 2.05) is 48.9 Å². The van der Waals surface area contributed by atoms with Crippen LogP contribution in [-0.2, 0) is 59.8 Å². The molecule has 0 bridgehead atoms. The molecule has 8 heterocycles. The molecule has 5 aliphatic heterocycles. The Bertz CT molecular complexity index is 4050. The van der Waals surface area contributed by atoms with E-state index >= 15 is 0 Å². The predicted molar refractivity (Wildman–Crippen MR) is 344 cm³/mol. The molecule has 5 atom stereocenters. The van der Waals surface area contributed by atoms with Crippen LogP contribution in [0.4, 0.5) is 0 Å². The third-order valence-electron chi connectivity index (χ3n) is 16.1. The number of aliphatic hydroxyl groups is 2. The number of nitrogens with zero attached hydrogens (tertiary/aromatic N) is 7. The van der Waals surface area contributed by atoms with Crippen LogP contribution in [0.25, 0.3) is 34.2 Å². The zero-order chi connectivity index (χ0) is 63.4. The number of aromatic nitrogens is 6. The minimum absolute atomic E-state index is 0.0498. The van der Waals surface area contributed by atoms with Crippen molar-refractivity contribution in [3.8, 4) is 34.2 Å². The molecule has 468 valence electrons. The van der Waals surface area contributed by atoms with Crippen LogP contribution in [0, 0.1) is 0 Å². The molecule has 3 aromatic heterocycles. The van der Waals surface area contributed by atoms with Gasteiger partial charge in [-0.1, -0.05) is 163 Å². The first-order valence-corrected chi connectivity index (χ1v) is 36.1. The molecule has 6 aromatic carbocycles. The number of morpholine rings is 1. The minimum atomic E-state index is -6.06. The zero-order valence-electron chi connectivity index (χ0n) is 48.5. The van der Waals surface area contributed by atoms with Crippen molar-refractivity contribution in [3.63, 3.8) is 0 Å². The number of ether oxygens (including phenoxy) is 3. The van der Waals surface area contributed by atoms with Gasteiger partial charge in [-0.3, -0.25) is 0 Å². The van der Waals surface area contributed by atoms with Crippen LogP contribution >= 0.6 is 71.0 Å². The third-order valence-corrected chi connectivity index (χ3v) is 18.2. The van der Waals surface area contributed by atoms with Crippen molar-refractivity contribution in [3.05, 3.63) is 242 Å². The number of alkyl halides is 2. The van der Waals surface area contributed by atoms with Crippen molar-refractivity contribution >= 4 is 71.0 Å². The Balaban J connectivity index is 0.000000140. The van der Waals surface area contributed by atoms with Crippen LogP contribution in [-0.4, -0.2) is 132 Å². The average Bonchev–Trinajstić information content (AvgIpc) is 1.59. The molecule has 17 nitrogen and oxygen atoms in total. The average molecular weight is 1620 g/mol. The van der Waals surface area contributed by atoms with Gasteiger partial charge in [0, 0.05) is 91.9 Å². The van der Waals surface area contributed by atoms with Gasteiger partial charge in [-0.25, -0.2) is 20.2 Å². The molecule has 2 fully saturated rings. The predicted octanol–water partition coefficient (Wildman–Crippen LogP) is 13.2. The third kappa shape index (κ3) is 15.0. The van der Waals surface area contributed by atoms with Crippen molar-refractivity contribution in [2.45, 2.75) is 48.1 Å². The van der Waals surface area contributed by atoms with Gasteiger partial charge >= 0.3 is 29.0 Å². The first-order valence-electron chi connectivity index (χ1n) is 28.5. The van der Waals surface area contributed by atoms with Gasteiger partial charge in [0.1, 0.15) is 36.1 Å². The van der Waals surface area contributed by atoms with Gasteiger partial charge < -0.3 is 38.1 Å². The standard InChI is InChI=1S/C21H19BrN2O2.C19H17BrN2O2.C19H15BrN2.C5H12NO2.C2H4Cl2.4O.Os/c22-16-7-5-15(6-8-16)21(13-17-14-25-11-12-26-17)19-4-2-1-3-18(19)20-23-9-10-24(20)21;20-14-7-5-13(6-8-14)19(11-15(24)12-23)17-4-2-1-3-16(17)18-21-9-10-22(18)19;1-2-11-19(14-7-9-15(20)10-8-14)17-6-4-3-5-16(17)18-21-12-13-22(18)19;1-6(7)2-4-8-5-3-6;3-1-2-4;;;;;/h1-10,17H,11-14H2;1-10,15,23-24H,11-12H2;2-10,12-13H,1,11H2;7H,2-5H2,1H3;1-2H2;;;;;/q;;;+1;;;;;;. The van der Waals surface area contributed by atoms with Crippen molar-refractivity contribution in [2.75, 3.05) is 71.5 Å². The maximum atomic E-state index is 10.3. The molecule has 3 N–H and O–H groups in total. The van der Waals surface area contributed by atoms with Gasteiger partial charge in [-0.15, -0.1) is 29.8 Å². The molecule has 0 amide bonds. The SMILES string of the molecule is Brc1ccc(C2(CC3COCCO3)c3ccccc3-c3nccn32)cc1.C=CCC1(c2ccc(Br)cc2)c2ccccc2-c2nccn21.C[N+]1(O)CCOCC1.ClCCCl.OCC(O)CC1(c2ccc(Br)cc2)c2ccccc2-c2nccn21.[O]=[Os](=[O])(=[O])=[O]. The summed E-state index contributed by atoms with van der Waals surface area (Å²) in [7, 11) is 1.79. The second-order valence-electron chi connectivity index (χ2n) is 21.5. The van der Waals surface area contributed by atoms with Crippen LogP contribution in [0.2, 0.25) is 0 Å². The fourth-order valence-corrected chi connectivity index (χ4v) is 13.1. The maximum absolute atomic E-state index is 10.3. The quantitative estimate of drug-likeness (QED) is 0.0626. The first-order chi connectivity index (χ1) is 42.8. The van der Waals surface area contributed by atoms with Gasteiger partial charge in [0.2, 0.25) is 0 Å². The van der Waals surface area contributed by atoms with Crippen LogP contribution in [0.3, 0.4) is 0 Å². The summed E-state index contributed by atoms with van der Waals surface area (Å²) in [6, 6.07) is 50.5. The number of aliphatic hydroxyl groups excluding tert-OH is 2. The number of hydrogen-bond acceptors (Lipinski definition) is 13. The van der Waals surface area contributed by atoms with Crippen LogP contribution in [0.15, 0.2) is 209 Å². The van der Waals surface area contributed by atoms with E-state index in [2.05, 4.69) is 217 Å². The molecule has 0 radical (unpaired) electrons. The Morgan fingerprint density at radius 3 is 1.37 bits per heavy atom. The normalized spacial score (nSPS) is 20.5. The second-order valence-corrected chi connectivity index (χ2v) is 27.6. The zero-order valence-corrected chi connectivity index (χ0v) is 57.3. The Hall–Kier alpha value is -5.73. The number of fused-ring (bicyclic) bond motifs is 9. The van der Waals surface area contributed by atoms with E-state index in [1.165, 1.54) is 33.4 Å². The van der Waals surface area contributed by atoms with Crippen molar-refractivity contribution in [1.82, 2.24) is 28.7 Å². The van der Waals surface area contributed by atoms with Crippen molar-refractivity contribution in [1.29, 1.82) is 0 Å². The van der Waals surface area contributed by atoms with E-state index in [0.29, 0.717) is 51.2 Å². The number of imidazole rings is 3. The fraction of sp³-hybridized carbons (Fsp3) is 0.288. The summed E-state index contributed by atoms with van der Waals surface area (Å²) < 4.78 is 61.3. The molecule has 5 aliphatic rings. The Morgan fingerprint density at radius 2 is 0.989 bits per heavy atom. The van der Waals surface area contributed by atoms with Gasteiger partial charge in [-0.2, -0.15) is 4.65 Å². The Kier molecular flexibility index (Phi) is 22.9. The van der Waals surface area contributed by atoms with E-state index in [-0.39, 0.29) is 28.4 Å². The number of hydroxylamine groups is 3. The fourth-order valence-electron chi connectivity index (χ4n) is 12.3. The summed E-state index contributed by atoms with van der Waals surface area (Å²) in [6.07, 6.45) is 14.9. The van der Waals surface area contributed by atoms with Crippen LogP contribution in [0.5, 0.6) is 0 Å². The number of allylic oxidation sites excluding steroid dienone is 1. The summed E-state index contributed by atoms with van der Waals surface area (Å²) in [5.41, 5.74) is 9.50. The van der Waals surface area contributed by atoms with Gasteiger partial charge in [0.05, 0.1) is 70.0 Å². The molecular formula is C66H67Br3Cl2N7O10Os+. The van der Waals surface area contributed by atoms with Crippen molar-refractivity contribution in [2.24, 2.45) is 0 Å². The van der Waals surface area contributed by atoms with E-state index < -0.39 is 26.5 Å². The summed E-state index contributed by atoms with van der Waals surface area (Å²) >= 11 is 14.6. The topological polar surface area (TPSA) is 210 Å². The molecule has 23 heteroatoms. The molecule has 2 saturated heterocycles. The number of likely N-dealkylation sites (N-methyl/N-ethyl adjacent to an activating group) is 1. The molecular weight excluding hydrogens is 1550 g/mol. The summed E-state index contributed by atoms with van der Waals surface area (Å²) in [5, 5.41) is 29.0. The number of benzene rings is 6. The van der Waals surface area contributed by atoms with E-state index in [1.54, 1.807) is 13.2 Å². The van der Waals surface area contributed by atoms with Crippen molar-refractivity contribution < 1.29 is 63.3 Å². The number of hydrogen-bond donors (Lipinski definition) is 3. The van der Waals surface area contributed by atoms with E-state index in [9.17, 15) is 15.4 Å². The molecule has 9 aromatic rings. The molecule has 0 saturated carbocycles. The first kappa shape index (κ1) is 67.7. The molecule has 5 unspecified atom stereocenters. The molecule has 0 aliphatic carbocycles. The van der Waals surface area contributed by atoms with Gasteiger partial charge in [0.15, 0.2) is 0 Å². The van der Waals surface area contributed by atoms with Crippen LogP contribution < -0.4 is 0 Å². The second kappa shape index (κ2) is 30.1. The van der Waals surface area contributed by atoms with Gasteiger partial charge in [0.25, 0.3) is 0 Å². The number of halogens is 5. The Morgan fingerprint density at radius 1 is 0.607 bits per heavy atom. The van der Waals surface area contributed by atoms with E-state index in [0.717, 1.165) is 73.5 Å². The van der Waals surface area contributed by atoms with Crippen LogP contribution in [0.1, 0.15) is 52.6 Å². The number of quaternary nitrogens is 1. The van der Waals surface area contributed by atoms with Gasteiger partial charge in [-0.05, 0) is 76.2 Å². The summed E-state index contributed by atoms with van der Waals surface area (Å²) in [6.45, 7) is 8.50. The molecule has 0 spiro atoms. The van der Waals surface area contributed by atoms with E-state index in [4.69, 9.17) is 51.6 Å². The Labute approximate surface area is 554 Å².